The number of thiophene rings is 1. The van der Waals surface area contributed by atoms with E-state index in [0.717, 1.165) is 12.6 Å². The van der Waals surface area contributed by atoms with Crippen LogP contribution in [0.1, 0.15) is 34.6 Å². The van der Waals surface area contributed by atoms with E-state index < -0.39 is 0 Å². The van der Waals surface area contributed by atoms with Crippen LogP contribution in [0.3, 0.4) is 0 Å². The summed E-state index contributed by atoms with van der Waals surface area (Å²) in [5.41, 5.74) is 7.54. The van der Waals surface area contributed by atoms with Gasteiger partial charge in [0.15, 0.2) is 0 Å². The third kappa shape index (κ3) is 3.25. The largest absolute Gasteiger partial charge is 0.328 e. The van der Waals surface area contributed by atoms with Crippen LogP contribution in [0.25, 0.3) is 0 Å². The third-order valence-electron chi connectivity index (χ3n) is 4.88. The maximum absolute atomic E-state index is 6.01. The first-order chi connectivity index (χ1) is 9.61. The normalized spacial score (nSPS) is 26.4. The predicted molar refractivity (Wildman–Crippen MR) is 86.3 cm³/mol. The van der Waals surface area contributed by atoms with Crippen LogP contribution >= 0.6 is 11.3 Å². The second-order valence-electron chi connectivity index (χ2n) is 6.49. The molecule has 0 spiro atoms. The Morgan fingerprint density at radius 3 is 2.60 bits per heavy atom. The number of hydrogen-bond donors (Lipinski definition) is 1. The SMILES string of the molecule is Cc1cc(CN2CCC(N3CCC(N)CC3)C2)c(C)s1. The van der Waals surface area contributed by atoms with E-state index in [1.54, 1.807) is 0 Å². The average Bonchev–Trinajstić information content (AvgIpc) is 2.98. The number of hydrogen-bond acceptors (Lipinski definition) is 4. The van der Waals surface area contributed by atoms with Crippen LogP contribution in [0.5, 0.6) is 0 Å². The summed E-state index contributed by atoms with van der Waals surface area (Å²) in [7, 11) is 0. The summed E-state index contributed by atoms with van der Waals surface area (Å²) >= 11 is 1.93. The van der Waals surface area contributed by atoms with Gasteiger partial charge in [-0.3, -0.25) is 9.80 Å². The highest BCUT2D eigenvalue weighted by atomic mass is 32.1. The first-order valence-corrected chi connectivity index (χ1v) is 8.71. The molecule has 4 heteroatoms. The lowest BCUT2D eigenvalue weighted by molar-refractivity contribution is 0.151. The Balaban J connectivity index is 1.53. The van der Waals surface area contributed by atoms with Crippen molar-refractivity contribution < 1.29 is 0 Å². The minimum Gasteiger partial charge on any atom is -0.328 e. The summed E-state index contributed by atoms with van der Waals surface area (Å²) < 4.78 is 0. The number of nitrogens with two attached hydrogens (primary N) is 1. The molecule has 0 saturated carbocycles. The van der Waals surface area contributed by atoms with Gasteiger partial charge in [-0.05, 0) is 57.8 Å². The molecule has 0 amide bonds. The van der Waals surface area contributed by atoms with Crippen LogP contribution in [-0.4, -0.2) is 48.1 Å². The molecule has 2 aliphatic rings. The lowest BCUT2D eigenvalue weighted by Gasteiger charge is -2.34. The average molecular weight is 293 g/mol. The van der Waals surface area contributed by atoms with Crippen LogP contribution in [0, 0.1) is 13.8 Å². The molecule has 1 unspecified atom stereocenters. The lowest BCUT2D eigenvalue weighted by atomic mass is 10.0. The molecule has 0 aliphatic carbocycles. The summed E-state index contributed by atoms with van der Waals surface area (Å²) in [4.78, 5) is 8.25. The molecule has 2 N–H and O–H groups in total. The Labute approximate surface area is 126 Å². The van der Waals surface area contributed by atoms with E-state index in [1.165, 1.54) is 60.8 Å². The molecule has 2 saturated heterocycles. The number of rotatable bonds is 3. The van der Waals surface area contributed by atoms with Gasteiger partial charge in [-0.1, -0.05) is 0 Å². The van der Waals surface area contributed by atoms with Crippen molar-refractivity contribution in [2.75, 3.05) is 26.2 Å². The lowest BCUT2D eigenvalue weighted by Crippen LogP contribution is -2.46. The van der Waals surface area contributed by atoms with E-state index in [1.807, 2.05) is 11.3 Å². The molecule has 20 heavy (non-hydrogen) atoms. The Kier molecular flexibility index (Phi) is 4.46. The summed E-state index contributed by atoms with van der Waals surface area (Å²) in [5.74, 6) is 0. The molecule has 2 aliphatic heterocycles. The first kappa shape index (κ1) is 14.5. The van der Waals surface area contributed by atoms with Crippen LogP contribution < -0.4 is 5.73 Å². The number of piperidine rings is 1. The summed E-state index contributed by atoms with van der Waals surface area (Å²) in [6.45, 7) is 10.5. The Bertz CT molecular complexity index is 449. The van der Waals surface area contributed by atoms with E-state index in [-0.39, 0.29) is 0 Å². The van der Waals surface area contributed by atoms with Crippen molar-refractivity contribution in [1.82, 2.24) is 9.80 Å². The summed E-state index contributed by atoms with van der Waals surface area (Å²) in [6, 6.07) is 3.58. The molecule has 0 bridgehead atoms. The highest BCUT2D eigenvalue weighted by molar-refractivity contribution is 7.12. The molecule has 1 aromatic rings. The molecule has 3 heterocycles. The molecule has 112 valence electrons. The van der Waals surface area contributed by atoms with E-state index in [2.05, 4.69) is 29.7 Å². The predicted octanol–water partition coefficient (Wildman–Crippen LogP) is 2.36. The standard InChI is InChI=1S/C16H27N3S/c1-12-9-14(13(2)20-12)10-18-6-5-16(11-18)19-7-3-15(17)4-8-19/h9,15-16H,3-8,10-11,17H2,1-2H3. The van der Waals surface area contributed by atoms with Crippen LogP contribution in [-0.2, 0) is 6.54 Å². The molecule has 0 aromatic carbocycles. The van der Waals surface area contributed by atoms with E-state index >= 15 is 0 Å². The van der Waals surface area contributed by atoms with Gasteiger partial charge in [0, 0.05) is 41.5 Å². The molecule has 1 aromatic heterocycles. The van der Waals surface area contributed by atoms with Crippen LogP contribution in [0.4, 0.5) is 0 Å². The van der Waals surface area contributed by atoms with Gasteiger partial charge in [0.25, 0.3) is 0 Å². The third-order valence-corrected chi connectivity index (χ3v) is 5.88. The molecule has 3 rings (SSSR count). The number of nitrogens with zero attached hydrogens (tertiary/aromatic N) is 2. The van der Waals surface area contributed by atoms with Crippen molar-refractivity contribution >= 4 is 11.3 Å². The molecule has 1 atom stereocenters. The Hall–Kier alpha value is -0.420. The summed E-state index contributed by atoms with van der Waals surface area (Å²) in [5, 5.41) is 0. The van der Waals surface area contributed by atoms with Gasteiger partial charge in [0.05, 0.1) is 0 Å². The highest BCUT2D eigenvalue weighted by Gasteiger charge is 2.29. The van der Waals surface area contributed by atoms with Crippen molar-refractivity contribution in [3.8, 4) is 0 Å². The van der Waals surface area contributed by atoms with Crippen molar-refractivity contribution in [2.24, 2.45) is 5.73 Å². The fourth-order valence-corrected chi connectivity index (χ4v) is 4.56. The maximum Gasteiger partial charge on any atom is 0.0245 e. The van der Waals surface area contributed by atoms with E-state index in [4.69, 9.17) is 5.73 Å². The fraction of sp³-hybridized carbons (Fsp3) is 0.750. The molecular weight excluding hydrogens is 266 g/mol. The van der Waals surface area contributed by atoms with Crippen molar-refractivity contribution in [3.63, 3.8) is 0 Å². The fourth-order valence-electron chi connectivity index (χ4n) is 3.62. The smallest absolute Gasteiger partial charge is 0.0245 e. The van der Waals surface area contributed by atoms with Gasteiger partial charge >= 0.3 is 0 Å². The first-order valence-electron chi connectivity index (χ1n) is 7.89. The van der Waals surface area contributed by atoms with Crippen molar-refractivity contribution in [2.45, 2.75) is 51.7 Å². The molecular formula is C16H27N3S. The quantitative estimate of drug-likeness (QED) is 0.928. The zero-order chi connectivity index (χ0) is 14.1. The second kappa shape index (κ2) is 6.14. The zero-order valence-corrected chi connectivity index (χ0v) is 13.6. The topological polar surface area (TPSA) is 32.5 Å². The van der Waals surface area contributed by atoms with Gasteiger partial charge < -0.3 is 5.73 Å². The van der Waals surface area contributed by atoms with Crippen molar-refractivity contribution in [3.05, 3.63) is 21.4 Å². The minimum atomic E-state index is 0.445. The van der Waals surface area contributed by atoms with Gasteiger partial charge in [-0.25, -0.2) is 0 Å². The van der Waals surface area contributed by atoms with Gasteiger partial charge in [-0.15, -0.1) is 11.3 Å². The van der Waals surface area contributed by atoms with E-state index in [0.29, 0.717) is 6.04 Å². The van der Waals surface area contributed by atoms with Crippen LogP contribution in [0.15, 0.2) is 6.07 Å². The number of likely N-dealkylation sites (tertiary alicyclic amines) is 2. The van der Waals surface area contributed by atoms with Gasteiger partial charge in [0.1, 0.15) is 0 Å². The monoisotopic (exact) mass is 293 g/mol. The van der Waals surface area contributed by atoms with E-state index in [9.17, 15) is 0 Å². The molecule has 3 nitrogen and oxygen atoms in total. The molecule has 0 radical (unpaired) electrons. The second-order valence-corrected chi connectivity index (χ2v) is 7.95. The summed E-state index contributed by atoms with van der Waals surface area (Å²) in [6.07, 6.45) is 3.69. The highest BCUT2D eigenvalue weighted by Crippen LogP contribution is 2.25. The Morgan fingerprint density at radius 2 is 1.95 bits per heavy atom. The minimum absolute atomic E-state index is 0.445. The van der Waals surface area contributed by atoms with Crippen LogP contribution in [0.2, 0.25) is 0 Å². The zero-order valence-electron chi connectivity index (χ0n) is 12.8. The Morgan fingerprint density at radius 1 is 1.20 bits per heavy atom. The maximum atomic E-state index is 6.01. The van der Waals surface area contributed by atoms with Gasteiger partial charge in [0.2, 0.25) is 0 Å². The number of aryl methyl sites for hydroxylation is 2. The molecule has 2 fully saturated rings. The van der Waals surface area contributed by atoms with Gasteiger partial charge in [-0.2, -0.15) is 0 Å². The van der Waals surface area contributed by atoms with Crippen molar-refractivity contribution in [1.29, 1.82) is 0 Å².